The lowest BCUT2D eigenvalue weighted by Crippen LogP contribution is -2.20. The van der Waals surface area contributed by atoms with Crippen LogP contribution in [0.2, 0.25) is 0 Å². The van der Waals surface area contributed by atoms with Gasteiger partial charge in [0, 0.05) is 47.3 Å². The summed E-state index contributed by atoms with van der Waals surface area (Å²) in [5, 5.41) is 2.79. The molecule has 340 valence electrons. The van der Waals surface area contributed by atoms with Gasteiger partial charge in [0.05, 0.1) is 12.2 Å². The van der Waals surface area contributed by atoms with E-state index in [9.17, 15) is 0 Å². The Morgan fingerprint density at radius 1 is 0.412 bits per heavy atom. The third-order valence-electron chi connectivity index (χ3n) is 13.7. The summed E-state index contributed by atoms with van der Waals surface area (Å²) < 4.78 is 13.6. The van der Waals surface area contributed by atoms with Crippen LogP contribution in [0.1, 0.15) is 109 Å². The maximum atomic E-state index is 6.82. The van der Waals surface area contributed by atoms with Crippen molar-refractivity contribution < 1.29 is 9.47 Å². The molecule has 8 aromatic carbocycles. The van der Waals surface area contributed by atoms with Crippen LogP contribution in [0.15, 0.2) is 182 Å². The van der Waals surface area contributed by atoms with Gasteiger partial charge in [0.2, 0.25) is 0 Å². The second kappa shape index (κ2) is 21.3. The molecule has 10 rings (SSSR count). The number of ether oxygens (including phenoxy) is 2. The van der Waals surface area contributed by atoms with Crippen LogP contribution < -0.4 is 9.80 Å². The molecule has 0 amide bonds. The van der Waals surface area contributed by atoms with Crippen LogP contribution >= 0.6 is 0 Å². The monoisotopic (exact) mass is 890 g/mol. The van der Waals surface area contributed by atoms with Gasteiger partial charge in [-0.25, -0.2) is 0 Å². The Morgan fingerprint density at radius 2 is 0.735 bits per heavy atom. The maximum absolute atomic E-state index is 6.82. The van der Waals surface area contributed by atoms with Crippen LogP contribution in [-0.2, 0) is 22.3 Å². The van der Waals surface area contributed by atoms with Crippen LogP contribution in [0.4, 0.5) is 34.1 Å². The van der Waals surface area contributed by atoms with Crippen LogP contribution in [-0.4, -0.2) is 13.2 Å². The highest BCUT2D eigenvalue weighted by molar-refractivity contribution is 6.01. The number of nitrogens with zero attached hydrogens (tertiary/aromatic N) is 2. The number of para-hydroxylation sites is 4. The lowest BCUT2D eigenvalue weighted by atomic mass is 9.75. The predicted octanol–water partition coefficient (Wildman–Crippen LogP) is 17.7. The molecule has 0 heterocycles. The number of unbranched alkanes of at least 4 members (excludes halogenated alkanes) is 2. The van der Waals surface area contributed by atoms with Crippen molar-refractivity contribution in [2.24, 2.45) is 0 Å². The molecule has 0 radical (unpaired) electrons. The lowest BCUT2D eigenvalue weighted by Gasteiger charge is -2.34. The zero-order valence-electron chi connectivity index (χ0n) is 39.6. The Bertz CT molecular complexity index is 2680. The van der Waals surface area contributed by atoms with Crippen LogP contribution in [0, 0.1) is 0 Å². The highest BCUT2D eigenvalue weighted by atomic mass is 16.5. The summed E-state index contributed by atoms with van der Waals surface area (Å²) >= 11 is 0. The summed E-state index contributed by atoms with van der Waals surface area (Å²) in [4.78, 5) is 4.63. The molecule has 0 aliphatic heterocycles. The summed E-state index contributed by atoms with van der Waals surface area (Å²) in [6.45, 7) is 6.04. The van der Waals surface area contributed by atoms with E-state index in [1.54, 1.807) is 0 Å². The van der Waals surface area contributed by atoms with Crippen molar-refractivity contribution in [1.82, 2.24) is 0 Å². The smallest absolute Gasteiger partial charge is 0.0834 e. The molecule has 0 spiro atoms. The van der Waals surface area contributed by atoms with Gasteiger partial charge in [-0.15, -0.1) is 0 Å². The molecular formula is C64H62N2O2. The van der Waals surface area contributed by atoms with E-state index >= 15 is 0 Å². The van der Waals surface area contributed by atoms with Crippen LogP contribution in [0.5, 0.6) is 0 Å². The largest absolute Gasteiger partial charge is 0.373 e. The van der Waals surface area contributed by atoms with Crippen molar-refractivity contribution in [3.05, 3.63) is 226 Å². The van der Waals surface area contributed by atoms with E-state index in [2.05, 4.69) is 230 Å². The number of benzene rings is 8. The third kappa shape index (κ3) is 9.71. The lowest BCUT2D eigenvalue weighted by molar-refractivity contribution is 0.0425. The van der Waals surface area contributed by atoms with E-state index in [1.165, 1.54) is 55.3 Å². The minimum Gasteiger partial charge on any atom is -0.373 e. The quantitative estimate of drug-likeness (QED) is 0.0633. The molecule has 4 heteroatoms. The molecule has 2 aliphatic rings. The molecule has 0 fully saturated rings. The number of anilines is 6. The van der Waals surface area contributed by atoms with Gasteiger partial charge >= 0.3 is 0 Å². The first kappa shape index (κ1) is 44.8. The summed E-state index contributed by atoms with van der Waals surface area (Å²) in [6.07, 6.45) is 17.7. The third-order valence-corrected chi connectivity index (χ3v) is 13.7. The second-order valence-corrected chi connectivity index (χ2v) is 18.2. The number of aryl methyl sites for hydroxylation is 2. The van der Waals surface area contributed by atoms with Crippen LogP contribution in [0.25, 0.3) is 35.1 Å². The van der Waals surface area contributed by atoms with Gasteiger partial charge in [0.1, 0.15) is 0 Å². The van der Waals surface area contributed by atoms with E-state index in [0.717, 1.165) is 98.7 Å². The first-order valence-electron chi connectivity index (χ1n) is 24.9. The Kier molecular flexibility index (Phi) is 14.1. The normalized spacial score (nSPS) is 15.3. The van der Waals surface area contributed by atoms with E-state index in [1.807, 2.05) is 0 Å². The van der Waals surface area contributed by atoms with Gasteiger partial charge in [0.25, 0.3) is 0 Å². The SMILES string of the molecule is CCCCOC1CCc2c(/C=C/c3ccc(N(c4ccccc4)c4ccccc4)cc3)cc3c4c(c(/C=C/c5ccc(N(c6ccccc6)c6ccccc6)cc5)cc1c24)CCC3OCCCC. The van der Waals surface area contributed by atoms with Crippen molar-refractivity contribution in [3.8, 4) is 0 Å². The summed E-state index contributed by atoms with van der Waals surface area (Å²) in [5.41, 5.74) is 17.3. The minimum absolute atomic E-state index is 0.0506. The van der Waals surface area contributed by atoms with Crippen molar-refractivity contribution in [3.63, 3.8) is 0 Å². The predicted molar refractivity (Wildman–Crippen MR) is 288 cm³/mol. The van der Waals surface area contributed by atoms with E-state index in [0.29, 0.717) is 0 Å². The molecule has 0 bridgehead atoms. The fraction of sp³-hybridized carbons (Fsp3) is 0.219. The highest BCUT2D eigenvalue weighted by Crippen LogP contribution is 2.49. The Hall–Kier alpha value is -6.98. The average molecular weight is 891 g/mol. The molecular weight excluding hydrogens is 829 g/mol. The van der Waals surface area contributed by atoms with Gasteiger partial charge in [-0.1, -0.05) is 148 Å². The molecule has 0 aromatic heterocycles. The number of hydrogen-bond donors (Lipinski definition) is 0. The van der Waals surface area contributed by atoms with E-state index in [-0.39, 0.29) is 12.2 Å². The molecule has 0 saturated heterocycles. The fourth-order valence-electron chi connectivity index (χ4n) is 10.2. The van der Waals surface area contributed by atoms with Gasteiger partial charge in [-0.2, -0.15) is 0 Å². The molecule has 0 saturated carbocycles. The number of hydrogen-bond acceptors (Lipinski definition) is 4. The Morgan fingerprint density at radius 3 is 1.06 bits per heavy atom. The Balaban J connectivity index is 1.02. The van der Waals surface area contributed by atoms with Crippen molar-refractivity contribution in [1.29, 1.82) is 0 Å². The van der Waals surface area contributed by atoms with Crippen molar-refractivity contribution in [2.75, 3.05) is 23.0 Å². The topological polar surface area (TPSA) is 24.9 Å². The van der Waals surface area contributed by atoms with Gasteiger partial charge in [-0.3, -0.25) is 0 Å². The average Bonchev–Trinajstić information content (AvgIpc) is 3.39. The van der Waals surface area contributed by atoms with E-state index in [4.69, 9.17) is 9.47 Å². The van der Waals surface area contributed by atoms with Crippen LogP contribution in [0.3, 0.4) is 0 Å². The minimum atomic E-state index is 0.0506. The molecule has 8 aromatic rings. The van der Waals surface area contributed by atoms with E-state index < -0.39 is 0 Å². The molecule has 2 unspecified atom stereocenters. The Labute approximate surface area is 403 Å². The van der Waals surface area contributed by atoms with Gasteiger partial charge < -0.3 is 19.3 Å². The van der Waals surface area contributed by atoms with Gasteiger partial charge in [0.15, 0.2) is 0 Å². The summed E-state index contributed by atoms with van der Waals surface area (Å²) in [7, 11) is 0. The zero-order valence-corrected chi connectivity index (χ0v) is 39.6. The molecule has 2 atom stereocenters. The van der Waals surface area contributed by atoms with Crippen molar-refractivity contribution >= 4 is 69.2 Å². The fourth-order valence-corrected chi connectivity index (χ4v) is 10.2. The molecule has 68 heavy (non-hydrogen) atoms. The first-order valence-corrected chi connectivity index (χ1v) is 24.9. The molecule has 0 N–H and O–H groups in total. The highest BCUT2D eigenvalue weighted by Gasteiger charge is 2.32. The maximum Gasteiger partial charge on any atom is 0.0834 e. The standard InChI is InChI=1S/C64H62N2O2/c1-3-5-43-67-61-41-39-57-50(34-28-48-31-37-56(38-32-48)66(53-23-15-9-16-24-53)54-25-17-10-18-26-54)46-60-62(68-44-6-4-2)42-40-58-49(45-59(61)63(57)64(58)60)33-27-47-29-35-55(36-30-47)65(51-19-11-7-12-20-51)52-21-13-8-14-22-52/h7-38,45-46,61-62H,3-6,39-44H2,1-2H3/b33-27+,34-28+. The first-order chi connectivity index (χ1) is 33.7. The molecule has 2 aliphatic carbocycles. The summed E-state index contributed by atoms with van der Waals surface area (Å²) in [5.74, 6) is 0. The zero-order chi connectivity index (χ0) is 46.1. The second-order valence-electron chi connectivity index (χ2n) is 18.2. The molecule has 4 nitrogen and oxygen atoms in total. The van der Waals surface area contributed by atoms with Gasteiger partial charge in [-0.05, 0) is 179 Å². The van der Waals surface area contributed by atoms with Crippen molar-refractivity contribution in [2.45, 2.75) is 77.4 Å². The summed E-state index contributed by atoms with van der Waals surface area (Å²) in [6, 6.07) is 65.3. The number of rotatable bonds is 18.